The van der Waals surface area contributed by atoms with Crippen molar-refractivity contribution in [2.45, 2.75) is 36.8 Å². The maximum absolute atomic E-state index is 12.4. The molecular formula is C15H20N6O2S. The Kier molecular flexibility index (Phi) is 3.76. The highest BCUT2D eigenvalue weighted by Crippen LogP contribution is 2.30. The number of hydrogen-bond donors (Lipinski definition) is 1. The molecule has 0 spiro atoms. The van der Waals surface area contributed by atoms with Crippen LogP contribution in [0.1, 0.15) is 24.1 Å². The van der Waals surface area contributed by atoms with E-state index in [0.29, 0.717) is 6.54 Å². The molecule has 128 valence electrons. The van der Waals surface area contributed by atoms with E-state index in [9.17, 15) is 8.42 Å². The summed E-state index contributed by atoms with van der Waals surface area (Å²) in [6.45, 7) is 1.41. The molecule has 0 radical (unpaired) electrons. The van der Waals surface area contributed by atoms with Crippen LogP contribution in [0.25, 0.3) is 0 Å². The van der Waals surface area contributed by atoms with Gasteiger partial charge >= 0.3 is 0 Å². The molecule has 8 nitrogen and oxygen atoms in total. The van der Waals surface area contributed by atoms with E-state index in [1.54, 1.807) is 17.9 Å². The number of fused-ring (bicyclic) bond motifs is 1. The predicted octanol–water partition coefficient (Wildman–Crippen LogP) is 0.256. The van der Waals surface area contributed by atoms with Gasteiger partial charge in [0, 0.05) is 43.6 Å². The highest BCUT2D eigenvalue weighted by Gasteiger charge is 2.31. The maximum Gasteiger partial charge on any atom is 0.259 e. The molecule has 1 atom stereocenters. The number of imidazole rings is 1. The lowest BCUT2D eigenvalue weighted by Gasteiger charge is -2.20. The van der Waals surface area contributed by atoms with E-state index >= 15 is 0 Å². The van der Waals surface area contributed by atoms with Gasteiger partial charge in [-0.3, -0.25) is 0 Å². The Balaban J connectivity index is 1.49. The predicted molar refractivity (Wildman–Crippen MR) is 88.2 cm³/mol. The first-order chi connectivity index (χ1) is 11.5. The van der Waals surface area contributed by atoms with E-state index in [0.717, 1.165) is 43.7 Å². The second-order valence-corrected chi connectivity index (χ2v) is 8.07. The zero-order valence-corrected chi connectivity index (χ0v) is 14.3. The van der Waals surface area contributed by atoms with Gasteiger partial charge in [0.25, 0.3) is 10.0 Å². The molecule has 24 heavy (non-hydrogen) atoms. The summed E-state index contributed by atoms with van der Waals surface area (Å²) in [6, 6.07) is -0.135. The van der Waals surface area contributed by atoms with E-state index in [2.05, 4.69) is 24.6 Å². The van der Waals surface area contributed by atoms with Crippen molar-refractivity contribution < 1.29 is 8.42 Å². The van der Waals surface area contributed by atoms with E-state index < -0.39 is 10.0 Å². The Morgan fingerprint density at radius 1 is 1.25 bits per heavy atom. The molecule has 0 aromatic carbocycles. The van der Waals surface area contributed by atoms with Crippen molar-refractivity contribution in [2.75, 3.05) is 18.0 Å². The first kappa shape index (κ1) is 15.5. The fourth-order valence-electron chi connectivity index (χ4n) is 3.47. The Morgan fingerprint density at radius 2 is 2.12 bits per heavy atom. The first-order valence-corrected chi connectivity index (χ1v) is 9.59. The molecule has 1 aliphatic heterocycles. The highest BCUT2D eigenvalue weighted by molar-refractivity contribution is 7.89. The summed E-state index contributed by atoms with van der Waals surface area (Å²) >= 11 is 0. The highest BCUT2D eigenvalue weighted by atomic mass is 32.2. The monoisotopic (exact) mass is 348 g/mol. The molecule has 3 heterocycles. The topological polar surface area (TPSA) is 93.0 Å². The summed E-state index contributed by atoms with van der Waals surface area (Å²) in [4.78, 5) is 14.9. The average Bonchev–Trinajstić information content (AvgIpc) is 3.26. The van der Waals surface area contributed by atoms with Crippen molar-refractivity contribution in [2.24, 2.45) is 7.05 Å². The van der Waals surface area contributed by atoms with Gasteiger partial charge in [0.15, 0.2) is 5.03 Å². The number of nitrogens with one attached hydrogen (secondary N) is 1. The minimum atomic E-state index is -3.58. The molecule has 1 unspecified atom stereocenters. The fraction of sp³-hybridized carbons (Fsp3) is 0.533. The van der Waals surface area contributed by atoms with Gasteiger partial charge in [-0.15, -0.1) is 0 Å². The van der Waals surface area contributed by atoms with Crippen molar-refractivity contribution in [3.05, 3.63) is 30.1 Å². The third-order valence-corrected chi connectivity index (χ3v) is 6.02. The molecule has 1 aliphatic carbocycles. The Morgan fingerprint density at radius 3 is 2.92 bits per heavy atom. The lowest BCUT2D eigenvalue weighted by Crippen LogP contribution is -2.37. The smallest absolute Gasteiger partial charge is 0.259 e. The van der Waals surface area contributed by atoms with E-state index in [1.807, 2.05) is 0 Å². The fourth-order valence-corrected chi connectivity index (χ4v) is 4.71. The third kappa shape index (κ3) is 2.78. The van der Waals surface area contributed by atoms with Crippen LogP contribution < -0.4 is 9.62 Å². The molecule has 0 bridgehead atoms. The van der Waals surface area contributed by atoms with E-state index in [1.165, 1.54) is 18.1 Å². The van der Waals surface area contributed by atoms with E-state index in [-0.39, 0.29) is 11.1 Å². The van der Waals surface area contributed by atoms with Gasteiger partial charge in [-0.1, -0.05) is 0 Å². The van der Waals surface area contributed by atoms with Gasteiger partial charge in [0.05, 0.1) is 6.33 Å². The van der Waals surface area contributed by atoms with Crippen molar-refractivity contribution in [3.8, 4) is 0 Å². The molecular weight excluding hydrogens is 328 g/mol. The van der Waals surface area contributed by atoms with Gasteiger partial charge in [0.1, 0.15) is 12.1 Å². The molecule has 1 N–H and O–H groups in total. The van der Waals surface area contributed by atoms with Crippen LogP contribution in [-0.4, -0.2) is 47.1 Å². The van der Waals surface area contributed by atoms with Gasteiger partial charge in [-0.2, -0.15) is 0 Å². The molecule has 2 aromatic rings. The summed E-state index contributed by atoms with van der Waals surface area (Å²) < 4.78 is 29.2. The summed E-state index contributed by atoms with van der Waals surface area (Å²) in [5.41, 5.74) is 2.36. The SMILES string of the molecule is Cn1cnc(S(=O)(=O)NC2CCN(c3ncnc4c3CCC4)C2)c1. The standard InChI is InChI=1S/C15H20N6O2S/c1-20-8-14(18-10-20)24(22,23)19-11-5-6-21(7-11)15-12-3-2-4-13(12)16-9-17-15/h8-11,19H,2-7H2,1H3. The van der Waals surface area contributed by atoms with Crippen molar-refractivity contribution in [1.82, 2.24) is 24.2 Å². The molecule has 4 rings (SSSR count). The van der Waals surface area contributed by atoms with Crippen LogP contribution in [0.15, 0.2) is 23.9 Å². The Bertz CT molecular complexity index is 863. The van der Waals surface area contributed by atoms with Crippen LogP contribution in [0.3, 0.4) is 0 Å². The minimum Gasteiger partial charge on any atom is -0.355 e. The largest absolute Gasteiger partial charge is 0.355 e. The van der Waals surface area contributed by atoms with Crippen LogP contribution in [-0.2, 0) is 29.9 Å². The molecule has 2 aliphatic rings. The number of rotatable bonds is 4. The van der Waals surface area contributed by atoms with Crippen LogP contribution in [0.2, 0.25) is 0 Å². The van der Waals surface area contributed by atoms with Crippen molar-refractivity contribution in [3.63, 3.8) is 0 Å². The molecule has 0 saturated carbocycles. The summed E-state index contributed by atoms with van der Waals surface area (Å²) in [7, 11) is -1.83. The molecule has 2 aromatic heterocycles. The van der Waals surface area contributed by atoms with Gasteiger partial charge in [-0.25, -0.2) is 28.1 Å². The van der Waals surface area contributed by atoms with Crippen molar-refractivity contribution in [1.29, 1.82) is 0 Å². The number of aryl methyl sites for hydroxylation is 2. The van der Waals surface area contributed by atoms with Crippen LogP contribution in [0.4, 0.5) is 5.82 Å². The zero-order valence-electron chi connectivity index (χ0n) is 13.5. The number of nitrogens with zero attached hydrogens (tertiary/aromatic N) is 5. The second-order valence-electron chi connectivity index (χ2n) is 6.41. The lowest BCUT2D eigenvalue weighted by atomic mass is 10.2. The number of anilines is 1. The first-order valence-electron chi connectivity index (χ1n) is 8.11. The minimum absolute atomic E-state index is 0.0615. The third-order valence-electron chi connectivity index (χ3n) is 4.62. The Hall–Kier alpha value is -2.00. The normalized spacial score (nSPS) is 20.5. The lowest BCUT2D eigenvalue weighted by molar-refractivity contribution is 0.558. The van der Waals surface area contributed by atoms with E-state index in [4.69, 9.17) is 0 Å². The van der Waals surface area contributed by atoms with Crippen LogP contribution in [0, 0.1) is 0 Å². The Labute approximate surface area is 141 Å². The van der Waals surface area contributed by atoms with Crippen molar-refractivity contribution >= 4 is 15.8 Å². The molecule has 0 amide bonds. The van der Waals surface area contributed by atoms with Gasteiger partial charge in [0.2, 0.25) is 0 Å². The van der Waals surface area contributed by atoms with Gasteiger partial charge in [-0.05, 0) is 25.7 Å². The molecule has 9 heteroatoms. The zero-order chi connectivity index (χ0) is 16.7. The van der Waals surface area contributed by atoms with Crippen LogP contribution >= 0.6 is 0 Å². The molecule has 1 saturated heterocycles. The number of sulfonamides is 1. The molecule has 1 fully saturated rings. The quantitative estimate of drug-likeness (QED) is 0.852. The number of hydrogen-bond acceptors (Lipinski definition) is 6. The maximum atomic E-state index is 12.4. The van der Waals surface area contributed by atoms with Crippen LogP contribution in [0.5, 0.6) is 0 Å². The number of aromatic nitrogens is 4. The summed E-state index contributed by atoms with van der Waals surface area (Å²) in [5.74, 6) is 0.969. The average molecular weight is 348 g/mol. The second kappa shape index (κ2) is 5.82. The van der Waals surface area contributed by atoms with Gasteiger partial charge < -0.3 is 9.47 Å². The summed E-state index contributed by atoms with van der Waals surface area (Å²) in [5, 5.41) is 0.0615. The summed E-state index contributed by atoms with van der Waals surface area (Å²) in [6.07, 6.45) is 8.49.